The Balaban J connectivity index is 1.81. The van der Waals surface area contributed by atoms with Crippen molar-refractivity contribution in [2.75, 3.05) is 0 Å². The molecule has 3 aromatic rings. The fourth-order valence-electron chi connectivity index (χ4n) is 4.17. The molecule has 0 radical (unpaired) electrons. The van der Waals surface area contributed by atoms with Crippen LogP contribution in [-0.2, 0) is 17.1 Å². The molecular formula is C27H35ClN4OS. The molecule has 182 valence electrons. The highest BCUT2D eigenvalue weighted by atomic mass is 35.5. The summed E-state index contributed by atoms with van der Waals surface area (Å²) < 4.78 is 2.02. The number of nitrogens with one attached hydrogen (secondary N) is 1. The lowest BCUT2D eigenvalue weighted by Crippen LogP contribution is -2.27. The number of carbonyl (C=O) groups excluding carboxylic acids is 1. The lowest BCUT2D eigenvalue weighted by atomic mass is 9.84. The van der Waals surface area contributed by atoms with Crippen LogP contribution in [0.4, 0.5) is 0 Å². The van der Waals surface area contributed by atoms with E-state index in [1.54, 1.807) is 11.8 Å². The van der Waals surface area contributed by atoms with Crippen LogP contribution in [0, 0.1) is 25.2 Å². The molecule has 0 bridgehead atoms. The van der Waals surface area contributed by atoms with E-state index in [4.69, 9.17) is 11.6 Å². The van der Waals surface area contributed by atoms with Crippen molar-refractivity contribution in [1.82, 2.24) is 20.1 Å². The van der Waals surface area contributed by atoms with Crippen LogP contribution in [0.25, 0.3) is 5.69 Å². The van der Waals surface area contributed by atoms with Crippen LogP contribution in [-0.4, -0.2) is 20.7 Å². The van der Waals surface area contributed by atoms with E-state index in [9.17, 15) is 4.79 Å². The highest BCUT2D eigenvalue weighted by molar-refractivity contribution is 7.98. The number of hydrogen-bond acceptors (Lipinski definition) is 4. The summed E-state index contributed by atoms with van der Waals surface area (Å²) in [6, 6.07) is 14.1. The summed E-state index contributed by atoms with van der Waals surface area (Å²) in [6.07, 6.45) is 1.49. The zero-order chi connectivity index (χ0) is 24.9. The molecule has 34 heavy (non-hydrogen) atoms. The molecule has 1 heterocycles. The summed E-state index contributed by atoms with van der Waals surface area (Å²) in [5.41, 5.74) is 4.69. The van der Waals surface area contributed by atoms with Crippen LogP contribution in [0.15, 0.2) is 47.6 Å². The van der Waals surface area contributed by atoms with E-state index in [0.29, 0.717) is 29.7 Å². The van der Waals surface area contributed by atoms with Gasteiger partial charge in [-0.05, 0) is 60.4 Å². The van der Waals surface area contributed by atoms with Gasteiger partial charge in [0.15, 0.2) is 11.0 Å². The molecule has 0 fully saturated rings. The quantitative estimate of drug-likeness (QED) is 0.325. The van der Waals surface area contributed by atoms with E-state index in [2.05, 4.69) is 68.3 Å². The van der Waals surface area contributed by atoms with E-state index in [1.807, 2.05) is 35.8 Å². The van der Waals surface area contributed by atoms with Crippen molar-refractivity contribution in [2.45, 2.75) is 71.8 Å². The van der Waals surface area contributed by atoms with E-state index < -0.39 is 0 Å². The Labute approximate surface area is 212 Å². The maximum atomic E-state index is 12.6. The third-order valence-electron chi connectivity index (χ3n) is 5.67. The van der Waals surface area contributed by atoms with Crippen LogP contribution in [0.3, 0.4) is 0 Å². The van der Waals surface area contributed by atoms with Crippen LogP contribution >= 0.6 is 23.4 Å². The number of thioether (sulfide) groups is 1. The molecule has 1 aromatic heterocycles. The van der Waals surface area contributed by atoms with E-state index in [0.717, 1.165) is 28.6 Å². The average Bonchev–Trinajstić information content (AvgIpc) is 3.14. The largest absolute Gasteiger partial charge is 0.349 e. The summed E-state index contributed by atoms with van der Waals surface area (Å²) in [5.74, 6) is 1.81. The fraction of sp³-hybridized carbons (Fsp3) is 0.444. The Bertz CT molecular complexity index is 1140. The molecule has 0 spiro atoms. The summed E-state index contributed by atoms with van der Waals surface area (Å²) in [4.78, 5) is 12.6. The first-order valence-corrected chi connectivity index (χ1v) is 13.0. The third-order valence-corrected chi connectivity index (χ3v) is 6.88. The fourth-order valence-corrected chi connectivity index (χ4v) is 5.38. The van der Waals surface area contributed by atoms with E-state index in [-0.39, 0.29) is 11.3 Å². The molecular weight excluding hydrogens is 464 g/mol. The molecule has 1 amide bonds. The second-order valence-corrected chi connectivity index (χ2v) is 11.6. The normalized spacial score (nSPS) is 12.6. The SMILES string of the molecule is Cc1ccccc1CSc1nnc(CNC(=O)CC(C)CC(C)(C)C)n1-c1cc(Cl)ccc1C. The molecule has 0 aliphatic rings. The number of carbonyl (C=O) groups is 1. The zero-order valence-corrected chi connectivity index (χ0v) is 22.6. The van der Waals surface area contributed by atoms with Crippen LogP contribution < -0.4 is 5.32 Å². The maximum absolute atomic E-state index is 12.6. The number of aryl methyl sites for hydroxylation is 2. The standard InChI is InChI=1S/C27H35ClN4OS/c1-18(15-27(4,5)6)13-25(33)29-16-24-30-31-26(34-17-21-10-8-7-9-19(21)2)32(24)23-14-22(28)12-11-20(23)3/h7-12,14,18H,13,15-17H2,1-6H3,(H,29,33). The van der Waals surface area contributed by atoms with Gasteiger partial charge in [0, 0.05) is 17.2 Å². The average molecular weight is 499 g/mol. The van der Waals surface area contributed by atoms with Gasteiger partial charge in [-0.15, -0.1) is 10.2 Å². The summed E-state index contributed by atoms with van der Waals surface area (Å²) in [7, 11) is 0. The van der Waals surface area contributed by atoms with Crippen molar-refractivity contribution in [3.05, 3.63) is 70.0 Å². The molecule has 0 aliphatic heterocycles. The van der Waals surface area contributed by atoms with Crippen molar-refractivity contribution >= 4 is 29.3 Å². The molecule has 1 unspecified atom stereocenters. The molecule has 1 atom stereocenters. The van der Waals surface area contributed by atoms with Gasteiger partial charge in [0.05, 0.1) is 12.2 Å². The second-order valence-electron chi connectivity index (χ2n) is 10.2. The monoisotopic (exact) mass is 498 g/mol. The van der Waals surface area contributed by atoms with Gasteiger partial charge in [-0.3, -0.25) is 9.36 Å². The number of aromatic nitrogens is 3. The molecule has 0 aliphatic carbocycles. The molecule has 5 nitrogen and oxygen atoms in total. The van der Waals surface area contributed by atoms with Gasteiger partial charge in [0.25, 0.3) is 0 Å². The number of rotatable bonds is 9. The predicted molar refractivity (Wildman–Crippen MR) is 142 cm³/mol. The maximum Gasteiger partial charge on any atom is 0.220 e. The summed E-state index contributed by atoms with van der Waals surface area (Å²) in [5, 5.41) is 13.4. The van der Waals surface area contributed by atoms with Gasteiger partial charge in [0.2, 0.25) is 5.91 Å². The number of nitrogens with zero attached hydrogens (tertiary/aromatic N) is 3. The lowest BCUT2D eigenvalue weighted by Gasteiger charge is -2.22. The number of amides is 1. The highest BCUT2D eigenvalue weighted by Gasteiger charge is 2.20. The minimum Gasteiger partial charge on any atom is -0.349 e. The lowest BCUT2D eigenvalue weighted by molar-refractivity contribution is -0.122. The van der Waals surface area contributed by atoms with Gasteiger partial charge in [-0.1, -0.05) is 81.4 Å². The number of hydrogen-bond donors (Lipinski definition) is 1. The van der Waals surface area contributed by atoms with Gasteiger partial charge in [-0.2, -0.15) is 0 Å². The number of benzene rings is 2. The van der Waals surface area contributed by atoms with E-state index in [1.165, 1.54) is 11.1 Å². The van der Waals surface area contributed by atoms with Crippen LogP contribution in [0.5, 0.6) is 0 Å². The van der Waals surface area contributed by atoms with Gasteiger partial charge < -0.3 is 5.32 Å². The third kappa shape index (κ3) is 7.34. The molecule has 2 aromatic carbocycles. The number of halogens is 1. The van der Waals surface area contributed by atoms with Crippen molar-refractivity contribution in [3.63, 3.8) is 0 Å². The Morgan fingerprint density at radius 2 is 1.85 bits per heavy atom. The second kappa shape index (κ2) is 11.4. The van der Waals surface area contributed by atoms with Crippen LogP contribution in [0.1, 0.15) is 63.1 Å². The summed E-state index contributed by atoms with van der Waals surface area (Å²) in [6.45, 7) is 13.2. The molecule has 7 heteroatoms. The molecule has 1 N–H and O–H groups in total. The Morgan fingerprint density at radius 1 is 1.12 bits per heavy atom. The molecule has 0 saturated heterocycles. The van der Waals surface area contributed by atoms with Gasteiger partial charge in [0.1, 0.15) is 0 Å². The first-order valence-electron chi connectivity index (χ1n) is 11.7. The van der Waals surface area contributed by atoms with Crippen molar-refractivity contribution in [2.24, 2.45) is 11.3 Å². The minimum atomic E-state index is 0.0308. The van der Waals surface area contributed by atoms with Crippen molar-refractivity contribution < 1.29 is 4.79 Å². The summed E-state index contributed by atoms with van der Waals surface area (Å²) >= 11 is 7.97. The van der Waals surface area contributed by atoms with Gasteiger partial charge in [-0.25, -0.2) is 0 Å². The van der Waals surface area contributed by atoms with Crippen LogP contribution in [0.2, 0.25) is 5.02 Å². The zero-order valence-electron chi connectivity index (χ0n) is 21.0. The Kier molecular flexibility index (Phi) is 8.83. The predicted octanol–water partition coefficient (Wildman–Crippen LogP) is 6.91. The first-order chi connectivity index (χ1) is 16.0. The Hall–Kier alpha value is -2.31. The minimum absolute atomic E-state index is 0.0308. The molecule has 0 saturated carbocycles. The first kappa shape index (κ1) is 26.3. The Morgan fingerprint density at radius 3 is 2.56 bits per heavy atom. The van der Waals surface area contributed by atoms with Gasteiger partial charge >= 0.3 is 0 Å². The molecule has 3 rings (SSSR count). The van der Waals surface area contributed by atoms with Crippen molar-refractivity contribution in [3.8, 4) is 5.69 Å². The highest BCUT2D eigenvalue weighted by Crippen LogP contribution is 2.29. The van der Waals surface area contributed by atoms with E-state index >= 15 is 0 Å². The van der Waals surface area contributed by atoms with Crippen molar-refractivity contribution in [1.29, 1.82) is 0 Å². The topological polar surface area (TPSA) is 59.8 Å². The smallest absolute Gasteiger partial charge is 0.220 e.